The number of amides is 1. The van der Waals surface area contributed by atoms with Crippen LogP contribution in [0.15, 0.2) is 36.4 Å². The molecule has 1 aliphatic heterocycles. The van der Waals surface area contributed by atoms with Gasteiger partial charge in [0.05, 0.1) is 27.8 Å². The summed E-state index contributed by atoms with van der Waals surface area (Å²) in [6.07, 6.45) is 0.229. The fourth-order valence-electron chi connectivity index (χ4n) is 3.11. The van der Waals surface area contributed by atoms with Crippen LogP contribution in [0.25, 0.3) is 0 Å². The first-order valence-corrected chi connectivity index (χ1v) is 9.57. The molecule has 0 aromatic heterocycles. The van der Waals surface area contributed by atoms with Crippen LogP contribution in [0.1, 0.15) is 16.5 Å². The molecule has 2 aromatic rings. The van der Waals surface area contributed by atoms with E-state index in [1.54, 1.807) is 51.3 Å². The lowest BCUT2D eigenvalue weighted by molar-refractivity contribution is -0.130. The molecule has 144 valence electrons. The molecule has 1 atom stereocenters. The van der Waals surface area contributed by atoms with Crippen LogP contribution in [0, 0.1) is 5.82 Å². The Kier molecular flexibility index (Phi) is 6.11. The van der Waals surface area contributed by atoms with Crippen molar-refractivity contribution in [3.63, 3.8) is 0 Å². The largest absolute Gasteiger partial charge is 0.496 e. The minimum absolute atomic E-state index is 0.00607. The average Bonchev–Trinajstić information content (AvgIpc) is 3.18. The standard InChI is InChI=1S/C20H22FNO4S/c1-24-16-12-18(26-3)17(25-2)11-15(16)20-22(8-9-27-20)19(23)10-13-4-6-14(21)7-5-13/h4-7,11-12,20H,8-10H2,1-3H3. The number of thioether (sulfide) groups is 1. The smallest absolute Gasteiger partial charge is 0.228 e. The van der Waals surface area contributed by atoms with E-state index in [1.165, 1.54) is 12.1 Å². The van der Waals surface area contributed by atoms with Gasteiger partial charge in [0.2, 0.25) is 5.91 Å². The number of halogens is 1. The maximum atomic E-state index is 13.1. The lowest BCUT2D eigenvalue weighted by atomic mass is 10.1. The van der Waals surface area contributed by atoms with Crippen molar-refractivity contribution in [2.45, 2.75) is 11.8 Å². The highest BCUT2D eigenvalue weighted by molar-refractivity contribution is 7.99. The zero-order valence-corrected chi connectivity index (χ0v) is 16.3. The number of ether oxygens (including phenoxy) is 3. The van der Waals surface area contributed by atoms with Crippen molar-refractivity contribution < 1.29 is 23.4 Å². The van der Waals surface area contributed by atoms with Gasteiger partial charge in [0.25, 0.3) is 0 Å². The van der Waals surface area contributed by atoms with Crippen LogP contribution in [0.5, 0.6) is 17.2 Å². The first-order valence-electron chi connectivity index (χ1n) is 8.52. The molecule has 27 heavy (non-hydrogen) atoms. The summed E-state index contributed by atoms with van der Waals surface area (Å²) < 4.78 is 29.4. The quantitative estimate of drug-likeness (QED) is 0.752. The highest BCUT2D eigenvalue weighted by Gasteiger charge is 2.33. The molecule has 0 saturated carbocycles. The first-order chi connectivity index (χ1) is 13.1. The third kappa shape index (κ3) is 4.13. The Hall–Kier alpha value is -2.41. The number of carbonyl (C=O) groups is 1. The number of hydrogen-bond donors (Lipinski definition) is 0. The highest BCUT2D eigenvalue weighted by atomic mass is 32.2. The second-order valence-corrected chi connectivity index (χ2v) is 7.25. The van der Waals surface area contributed by atoms with E-state index in [0.29, 0.717) is 23.8 Å². The van der Waals surface area contributed by atoms with Crippen LogP contribution in [0.3, 0.4) is 0 Å². The van der Waals surface area contributed by atoms with E-state index in [4.69, 9.17) is 14.2 Å². The van der Waals surface area contributed by atoms with Crippen molar-refractivity contribution in [2.75, 3.05) is 33.6 Å². The van der Waals surface area contributed by atoms with Gasteiger partial charge in [-0.25, -0.2) is 4.39 Å². The lowest BCUT2D eigenvalue weighted by Crippen LogP contribution is -2.31. The summed E-state index contributed by atoms with van der Waals surface area (Å²) in [5.74, 6) is 2.32. The van der Waals surface area contributed by atoms with Crippen LogP contribution >= 0.6 is 11.8 Å². The van der Waals surface area contributed by atoms with Crippen LogP contribution in [-0.4, -0.2) is 44.4 Å². The van der Waals surface area contributed by atoms with Crippen LogP contribution in [-0.2, 0) is 11.2 Å². The molecule has 1 aliphatic rings. The summed E-state index contributed by atoms with van der Waals surface area (Å²) in [5.41, 5.74) is 1.65. The van der Waals surface area contributed by atoms with E-state index >= 15 is 0 Å². The van der Waals surface area contributed by atoms with Gasteiger partial charge in [-0.2, -0.15) is 0 Å². The highest BCUT2D eigenvalue weighted by Crippen LogP contribution is 2.46. The predicted octanol–water partition coefficient (Wildman–Crippen LogP) is 3.67. The van der Waals surface area contributed by atoms with E-state index in [-0.39, 0.29) is 23.5 Å². The summed E-state index contributed by atoms with van der Waals surface area (Å²) >= 11 is 1.68. The second-order valence-electron chi connectivity index (χ2n) is 6.06. The maximum Gasteiger partial charge on any atom is 0.228 e. The zero-order valence-electron chi connectivity index (χ0n) is 15.5. The number of hydrogen-bond acceptors (Lipinski definition) is 5. The van der Waals surface area contributed by atoms with Gasteiger partial charge < -0.3 is 19.1 Å². The third-order valence-electron chi connectivity index (χ3n) is 4.48. The lowest BCUT2D eigenvalue weighted by Gasteiger charge is -2.26. The van der Waals surface area contributed by atoms with Gasteiger partial charge in [-0.05, 0) is 23.8 Å². The molecular formula is C20H22FNO4S. The van der Waals surface area contributed by atoms with E-state index in [9.17, 15) is 9.18 Å². The first kappa shape index (κ1) is 19.4. The van der Waals surface area contributed by atoms with Gasteiger partial charge in [0.15, 0.2) is 11.5 Å². The van der Waals surface area contributed by atoms with E-state index in [2.05, 4.69) is 0 Å². The molecule has 1 unspecified atom stereocenters. The molecule has 1 heterocycles. The van der Waals surface area contributed by atoms with Crippen molar-refractivity contribution in [3.8, 4) is 17.2 Å². The molecule has 3 rings (SSSR count). The van der Waals surface area contributed by atoms with E-state index in [1.807, 2.05) is 11.0 Å². The molecule has 0 N–H and O–H groups in total. The van der Waals surface area contributed by atoms with Gasteiger partial charge in [-0.3, -0.25) is 4.79 Å². The summed E-state index contributed by atoms with van der Waals surface area (Å²) in [6.45, 7) is 0.646. The Labute approximate surface area is 162 Å². The average molecular weight is 391 g/mol. The normalized spacial score (nSPS) is 16.3. The summed E-state index contributed by atoms with van der Waals surface area (Å²) in [4.78, 5) is 14.7. The van der Waals surface area contributed by atoms with E-state index < -0.39 is 0 Å². The summed E-state index contributed by atoms with van der Waals surface area (Å²) in [5, 5.41) is -0.173. The van der Waals surface area contributed by atoms with E-state index in [0.717, 1.165) is 16.9 Å². The van der Waals surface area contributed by atoms with Gasteiger partial charge in [-0.15, -0.1) is 11.8 Å². The molecule has 0 spiro atoms. The fraction of sp³-hybridized carbons (Fsp3) is 0.350. The molecule has 1 saturated heterocycles. The molecule has 1 fully saturated rings. The molecule has 5 nitrogen and oxygen atoms in total. The Morgan fingerprint density at radius 3 is 2.33 bits per heavy atom. The second kappa shape index (κ2) is 8.52. The molecular weight excluding hydrogens is 369 g/mol. The Balaban J connectivity index is 1.87. The minimum Gasteiger partial charge on any atom is -0.496 e. The Morgan fingerprint density at radius 2 is 1.70 bits per heavy atom. The Bertz CT molecular complexity index is 812. The molecule has 7 heteroatoms. The Morgan fingerprint density at radius 1 is 1.07 bits per heavy atom. The van der Waals surface area contributed by atoms with Crippen molar-refractivity contribution in [2.24, 2.45) is 0 Å². The van der Waals surface area contributed by atoms with Gasteiger partial charge in [-0.1, -0.05) is 12.1 Å². The van der Waals surface area contributed by atoms with Crippen molar-refractivity contribution in [1.82, 2.24) is 4.90 Å². The monoisotopic (exact) mass is 391 g/mol. The number of methoxy groups -OCH3 is 3. The predicted molar refractivity (Wildman–Crippen MR) is 103 cm³/mol. The maximum absolute atomic E-state index is 13.1. The fourth-order valence-corrected chi connectivity index (χ4v) is 4.40. The molecule has 0 aliphatic carbocycles. The van der Waals surface area contributed by atoms with Crippen LogP contribution in [0.4, 0.5) is 4.39 Å². The number of carbonyl (C=O) groups excluding carboxylic acids is 1. The number of rotatable bonds is 6. The SMILES string of the molecule is COc1cc(OC)c(C2SCCN2C(=O)Cc2ccc(F)cc2)cc1OC. The van der Waals surface area contributed by atoms with Gasteiger partial charge in [0.1, 0.15) is 16.9 Å². The van der Waals surface area contributed by atoms with Crippen molar-refractivity contribution in [1.29, 1.82) is 0 Å². The molecule has 0 bridgehead atoms. The minimum atomic E-state index is -0.309. The number of benzene rings is 2. The zero-order chi connectivity index (χ0) is 19.4. The molecule has 1 amide bonds. The van der Waals surface area contributed by atoms with Crippen LogP contribution < -0.4 is 14.2 Å². The third-order valence-corrected chi connectivity index (χ3v) is 5.72. The van der Waals surface area contributed by atoms with Crippen molar-refractivity contribution >= 4 is 17.7 Å². The van der Waals surface area contributed by atoms with Crippen LogP contribution in [0.2, 0.25) is 0 Å². The van der Waals surface area contributed by atoms with Gasteiger partial charge >= 0.3 is 0 Å². The summed E-state index contributed by atoms with van der Waals surface area (Å²) in [6, 6.07) is 9.66. The van der Waals surface area contributed by atoms with Crippen molar-refractivity contribution in [3.05, 3.63) is 53.3 Å². The molecule has 0 radical (unpaired) electrons. The molecule has 2 aromatic carbocycles. The summed E-state index contributed by atoms with van der Waals surface area (Å²) in [7, 11) is 4.74. The number of nitrogens with zero attached hydrogens (tertiary/aromatic N) is 1. The topological polar surface area (TPSA) is 48.0 Å². The van der Waals surface area contributed by atoms with Gasteiger partial charge in [0, 0.05) is 23.9 Å².